The van der Waals surface area contributed by atoms with E-state index in [1.165, 1.54) is 22.7 Å². The van der Waals surface area contributed by atoms with Crippen LogP contribution in [0.1, 0.15) is 5.69 Å². The Morgan fingerprint density at radius 1 is 0.970 bits per heavy atom. The van der Waals surface area contributed by atoms with Crippen LogP contribution in [0, 0.1) is 6.92 Å². The third-order valence-corrected chi connectivity index (χ3v) is 8.44. The molecule has 2 N–H and O–H groups in total. The number of aromatic nitrogens is 2. The molecule has 4 aromatic rings. The molecule has 0 bridgehead atoms. The van der Waals surface area contributed by atoms with Crippen molar-refractivity contribution in [3.05, 3.63) is 78.5 Å². The molecule has 0 aliphatic heterocycles. The molecule has 2 aromatic carbocycles. The summed E-state index contributed by atoms with van der Waals surface area (Å²) in [5.74, 6) is 0. The quantitative estimate of drug-likeness (QED) is 0.408. The van der Waals surface area contributed by atoms with Crippen LogP contribution < -0.4 is 14.9 Å². The van der Waals surface area contributed by atoms with E-state index in [-0.39, 0.29) is 10.2 Å². The number of hydrogen-bond acceptors (Lipinski definition) is 5. The molecule has 0 unspecified atom stereocenters. The van der Waals surface area contributed by atoms with Crippen LogP contribution in [-0.2, 0) is 17.1 Å². The number of thiophene rings is 1. The molecular formula is C23H23N5O3S2. The average Bonchev–Trinajstić information content (AvgIpc) is 3.42. The van der Waals surface area contributed by atoms with Crippen molar-refractivity contribution >= 4 is 44.5 Å². The second-order valence-corrected chi connectivity index (χ2v) is 10.7. The zero-order chi connectivity index (χ0) is 23.6. The molecule has 0 aliphatic carbocycles. The topological polar surface area (TPSA) is 96.3 Å². The van der Waals surface area contributed by atoms with Gasteiger partial charge < -0.3 is 10.6 Å². The molecule has 33 heavy (non-hydrogen) atoms. The van der Waals surface area contributed by atoms with Crippen LogP contribution in [0.3, 0.4) is 0 Å². The molecule has 0 fully saturated rings. The summed E-state index contributed by atoms with van der Waals surface area (Å²) in [6.07, 6.45) is 0. The fraction of sp³-hybridized carbons (Fsp3) is 0.130. The van der Waals surface area contributed by atoms with Gasteiger partial charge in [-0.2, -0.15) is 5.10 Å². The van der Waals surface area contributed by atoms with E-state index in [4.69, 9.17) is 0 Å². The first kappa shape index (κ1) is 22.6. The third-order valence-electron chi connectivity index (χ3n) is 5.08. The second-order valence-electron chi connectivity index (χ2n) is 7.38. The maximum absolute atomic E-state index is 13.1. The minimum Gasteiger partial charge on any atom is -0.308 e. The van der Waals surface area contributed by atoms with Gasteiger partial charge in [0.05, 0.1) is 10.6 Å². The molecule has 2 aromatic heterocycles. The number of nitrogens with zero attached hydrogens (tertiary/aromatic N) is 3. The van der Waals surface area contributed by atoms with Crippen molar-refractivity contribution in [1.82, 2.24) is 9.78 Å². The first-order chi connectivity index (χ1) is 15.7. The SMILES string of the molecule is Cc1cc(-c2ccc(S(=O)(=O)N(C)c3ccc(NC(=O)Nc4ccccc4)cc3)s2)nn1C. The smallest absolute Gasteiger partial charge is 0.308 e. The van der Waals surface area contributed by atoms with Gasteiger partial charge in [0.15, 0.2) is 0 Å². The van der Waals surface area contributed by atoms with Gasteiger partial charge >= 0.3 is 6.03 Å². The van der Waals surface area contributed by atoms with Crippen LogP contribution in [0.4, 0.5) is 21.9 Å². The lowest BCUT2D eigenvalue weighted by atomic mass is 10.3. The monoisotopic (exact) mass is 481 g/mol. The third kappa shape index (κ3) is 4.91. The number of carbonyl (C=O) groups is 1. The summed E-state index contributed by atoms with van der Waals surface area (Å²) in [6.45, 7) is 1.94. The zero-order valence-corrected chi connectivity index (χ0v) is 19.9. The lowest BCUT2D eigenvalue weighted by molar-refractivity contribution is 0.262. The number of urea groups is 1. The number of sulfonamides is 1. The van der Waals surface area contributed by atoms with Crippen molar-refractivity contribution < 1.29 is 13.2 Å². The van der Waals surface area contributed by atoms with Gasteiger partial charge in [0, 0.05) is 31.2 Å². The fourth-order valence-electron chi connectivity index (χ4n) is 3.12. The number of carbonyl (C=O) groups excluding carboxylic acids is 1. The molecule has 10 heteroatoms. The van der Waals surface area contributed by atoms with E-state index in [2.05, 4.69) is 15.7 Å². The van der Waals surface area contributed by atoms with Crippen molar-refractivity contribution in [1.29, 1.82) is 0 Å². The summed E-state index contributed by atoms with van der Waals surface area (Å²) in [7, 11) is -0.388. The molecule has 0 aliphatic rings. The van der Waals surface area contributed by atoms with Crippen molar-refractivity contribution in [3.8, 4) is 10.6 Å². The summed E-state index contributed by atoms with van der Waals surface area (Å²) < 4.78 is 29.5. The van der Waals surface area contributed by atoms with Gasteiger partial charge in [0.1, 0.15) is 9.90 Å². The summed E-state index contributed by atoms with van der Waals surface area (Å²) in [6, 6.07) is 20.6. The Balaban J connectivity index is 1.46. The van der Waals surface area contributed by atoms with Crippen LogP contribution in [0.25, 0.3) is 10.6 Å². The molecule has 8 nitrogen and oxygen atoms in total. The summed E-state index contributed by atoms with van der Waals surface area (Å²) in [5.41, 5.74) is 3.43. The predicted octanol–water partition coefficient (Wildman–Crippen LogP) is 4.93. The van der Waals surface area contributed by atoms with Crippen LogP contribution in [0.2, 0.25) is 0 Å². The van der Waals surface area contributed by atoms with Gasteiger partial charge in [0.25, 0.3) is 10.0 Å². The number of hydrogen-bond donors (Lipinski definition) is 2. The minimum absolute atomic E-state index is 0.229. The molecule has 0 radical (unpaired) electrons. The van der Waals surface area contributed by atoms with Gasteiger partial charge in [0.2, 0.25) is 0 Å². The number of nitrogens with one attached hydrogen (secondary N) is 2. The fourth-order valence-corrected chi connectivity index (χ4v) is 5.75. The van der Waals surface area contributed by atoms with Gasteiger partial charge in [-0.25, -0.2) is 13.2 Å². The van der Waals surface area contributed by atoms with Crippen LogP contribution in [0.5, 0.6) is 0 Å². The lowest BCUT2D eigenvalue weighted by Crippen LogP contribution is -2.25. The summed E-state index contributed by atoms with van der Waals surface area (Å²) >= 11 is 1.18. The first-order valence-electron chi connectivity index (χ1n) is 10.1. The molecule has 0 spiro atoms. The van der Waals surface area contributed by atoms with Gasteiger partial charge in [-0.1, -0.05) is 18.2 Å². The normalized spacial score (nSPS) is 11.2. The van der Waals surface area contributed by atoms with E-state index in [0.29, 0.717) is 17.1 Å². The van der Waals surface area contributed by atoms with Crippen molar-refractivity contribution in [2.24, 2.45) is 7.05 Å². The molecule has 0 atom stereocenters. The lowest BCUT2D eigenvalue weighted by Gasteiger charge is -2.19. The molecule has 2 heterocycles. The Hall–Kier alpha value is -3.63. The number of amides is 2. The van der Waals surface area contributed by atoms with Crippen molar-refractivity contribution in [2.75, 3.05) is 22.0 Å². The number of benzene rings is 2. The van der Waals surface area contributed by atoms with Gasteiger partial charge in [-0.05, 0) is 61.5 Å². The maximum Gasteiger partial charge on any atom is 0.323 e. The van der Waals surface area contributed by atoms with Crippen LogP contribution >= 0.6 is 11.3 Å². The van der Waals surface area contributed by atoms with E-state index in [9.17, 15) is 13.2 Å². The van der Waals surface area contributed by atoms with E-state index < -0.39 is 10.0 Å². The largest absolute Gasteiger partial charge is 0.323 e. The Morgan fingerprint density at radius 3 is 2.21 bits per heavy atom. The number of aryl methyl sites for hydroxylation is 2. The maximum atomic E-state index is 13.1. The highest BCUT2D eigenvalue weighted by atomic mass is 32.2. The molecule has 2 amide bonds. The highest BCUT2D eigenvalue weighted by Crippen LogP contribution is 2.33. The average molecular weight is 482 g/mol. The molecule has 170 valence electrons. The number of para-hydroxylation sites is 1. The molecule has 0 saturated carbocycles. The Kier molecular flexibility index (Phi) is 6.21. The Bertz CT molecular complexity index is 1360. The highest BCUT2D eigenvalue weighted by Gasteiger charge is 2.24. The minimum atomic E-state index is -3.74. The van der Waals surface area contributed by atoms with Crippen molar-refractivity contribution in [3.63, 3.8) is 0 Å². The number of rotatable bonds is 6. The van der Waals surface area contributed by atoms with E-state index in [1.54, 1.807) is 53.2 Å². The van der Waals surface area contributed by atoms with Crippen LogP contribution in [0.15, 0.2) is 77.0 Å². The molecule has 4 rings (SSSR count). The zero-order valence-electron chi connectivity index (χ0n) is 18.3. The van der Waals surface area contributed by atoms with Gasteiger partial charge in [-0.15, -0.1) is 11.3 Å². The summed E-state index contributed by atoms with van der Waals surface area (Å²) in [5, 5.41) is 9.88. The van der Waals surface area contributed by atoms with E-state index in [1.807, 2.05) is 38.2 Å². The van der Waals surface area contributed by atoms with Crippen molar-refractivity contribution in [2.45, 2.75) is 11.1 Å². The number of anilines is 3. The van der Waals surface area contributed by atoms with Gasteiger partial charge in [-0.3, -0.25) is 8.99 Å². The van der Waals surface area contributed by atoms with Crippen LogP contribution in [-0.4, -0.2) is 31.3 Å². The van der Waals surface area contributed by atoms with E-state index in [0.717, 1.165) is 16.3 Å². The summed E-state index contributed by atoms with van der Waals surface area (Å²) in [4.78, 5) is 12.9. The Labute approximate surface area is 196 Å². The highest BCUT2D eigenvalue weighted by molar-refractivity contribution is 7.94. The Morgan fingerprint density at radius 2 is 1.61 bits per heavy atom. The van der Waals surface area contributed by atoms with E-state index >= 15 is 0 Å². The first-order valence-corrected chi connectivity index (χ1v) is 12.3. The molecular weight excluding hydrogens is 458 g/mol. The molecule has 0 saturated heterocycles. The predicted molar refractivity (Wildman–Crippen MR) is 132 cm³/mol. The standard InChI is InChI=1S/C23H23N5O3S2/c1-16-15-20(26-27(16)2)21-13-14-22(32-21)33(30,31)28(3)19-11-9-18(10-12-19)25-23(29)24-17-7-5-4-6-8-17/h4-15H,1-3H3,(H2,24,25,29). The second kappa shape index (κ2) is 9.08.